The van der Waals surface area contributed by atoms with E-state index in [0.717, 1.165) is 30.5 Å². The second-order valence-electron chi connectivity index (χ2n) is 6.19. The lowest BCUT2D eigenvalue weighted by Gasteiger charge is -2.36. The Morgan fingerprint density at radius 1 is 1.35 bits per heavy atom. The average Bonchev–Trinajstić information content (AvgIpc) is 2.67. The molecule has 0 spiro atoms. The summed E-state index contributed by atoms with van der Waals surface area (Å²) in [6.45, 7) is 7.70. The highest BCUT2D eigenvalue weighted by atomic mass is 79.9. The van der Waals surface area contributed by atoms with Gasteiger partial charge in [0, 0.05) is 13.1 Å². The van der Waals surface area contributed by atoms with Gasteiger partial charge in [0.25, 0.3) is 0 Å². The first-order valence-electron chi connectivity index (χ1n) is 7.98. The van der Waals surface area contributed by atoms with Crippen molar-refractivity contribution >= 4 is 15.9 Å². The van der Waals surface area contributed by atoms with Crippen LogP contribution in [0.5, 0.6) is 0 Å². The molecule has 0 aliphatic heterocycles. The van der Waals surface area contributed by atoms with Crippen LogP contribution in [-0.4, -0.2) is 22.4 Å². The summed E-state index contributed by atoms with van der Waals surface area (Å²) in [6.07, 6.45) is 6.51. The highest BCUT2D eigenvalue weighted by Crippen LogP contribution is 2.35. The van der Waals surface area contributed by atoms with Crippen molar-refractivity contribution < 1.29 is 0 Å². The molecule has 3 nitrogen and oxygen atoms in total. The van der Waals surface area contributed by atoms with Crippen molar-refractivity contribution in [2.75, 3.05) is 6.54 Å². The molecule has 0 aromatic carbocycles. The number of halogens is 1. The van der Waals surface area contributed by atoms with Gasteiger partial charge < -0.3 is 5.32 Å². The summed E-state index contributed by atoms with van der Waals surface area (Å²) in [5.74, 6) is 1.64. The van der Waals surface area contributed by atoms with Crippen LogP contribution >= 0.6 is 15.9 Å². The second-order valence-corrected chi connectivity index (χ2v) is 6.98. The van der Waals surface area contributed by atoms with Crippen molar-refractivity contribution in [2.24, 2.45) is 18.9 Å². The molecule has 3 atom stereocenters. The first kappa shape index (κ1) is 16.0. The SMILES string of the molecule is CCNC1CCC(CC)CC1Cc1c(Br)c(C)nn1C. The second kappa shape index (κ2) is 7.08. The van der Waals surface area contributed by atoms with Crippen LogP contribution in [0.15, 0.2) is 4.47 Å². The van der Waals surface area contributed by atoms with E-state index in [1.807, 2.05) is 0 Å². The van der Waals surface area contributed by atoms with Crippen LogP contribution in [0.2, 0.25) is 0 Å². The van der Waals surface area contributed by atoms with Crippen molar-refractivity contribution in [1.82, 2.24) is 15.1 Å². The van der Waals surface area contributed by atoms with E-state index < -0.39 is 0 Å². The lowest BCUT2D eigenvalue weighted by molar-refractivity contribution is 0.197. The molecule has 4 heteroatoms. The molecule has 0 radical (unpaired) electrons. The number of aryl methyl sites for hydroxylation is 2. The van der Waals surface area contributed by atoms with Crippen molar-refractivity contribution in [1.29, 1.82) is 0 Å². The number of nitrogens with zero attached hydrogens (tertiary/aromatic N) is 2. The maximum Gasteiger partial charge on any atom is 0.0738 e. The van der Waals surface area contributed by atoms with Gasteiger partial charge in [-0.15, -0.1) is 0 Å². The third-order valence-electron chi connectivity index (χ3n) is 4.85. The number of rotatable bonds is 5. The van der Waals surface area contributed by atoms with Gasteiger partial charge in [0.2, 0.25) is 0 Å². The molecule has 1 aliphatic carbocycles. The quantitative estimate of drug-likeness (QED) is 0.881. The van der Waals surface area contributed by atoms with Gasteiger partial charge in [-0.2, -0.15) is 5.10 Å². The normalized spacial score (nSPS) is 26.9. The number of hydrogen-bond donors (Lipinski definition) is 1. The molecule has 1 aromatic heterocycles. The van der Waals surface area contributed by atoms with Crippen LogP contribution in [0, 0.1) is 18.8 Å². The molecule has 0 amide bonds. The zero-order valence-corrected chi connectivity index (χ0v) is 14.8. The van der Waals surface area contributed by atoms with Gasteiger partial charge in [0.05, 0.1) is 15.9 Å². The van der Waals surface area contributed by atoms with E-state index in [1.165, 1.54) is 35.8 Å². The Morgan fingerprint density at radius 3 is 2.65 bits per heavy atom. The minimum Gasteiger partial charge on any atom is -0.314 e. The number of nitrogens with one attached hydrogen (secondary N) is 1. The fourth-order valence-corrected chi connectivity index (χ4v) is 4.14. The molecule has 1 heterocycles. The van der Waals surface area contributed by atoms with Gasteiger partial charge in [-0.3, -0.25) is 4.68 Å². The lowest BCUT2D eigenvalue weighted by atomic mass is 9.75. The van der Waals surface area contributed by atoms with Crippen molar-refractivity contribution in [3.05, 3.63) is 15.9 Å². The summed E-state index contributed by atoms with van der Waals surface area (Å²) >= 11 is 3.72. The standard InChI is InChI=1S/C16H28BrN3/c1-5-12-7-8-14(18-6-2)13(9-12)10-15-16(17)11(3)19-20(15)4/h12-14,18H,5-10H2,1-4H3. The smallest absolute Gasteiger partial charge is 0.0738 e. The Bertz CT molecular complexity index is 441. The Balaban J connectivity index is 2.13. The fraction of sp³-hybridized carbons (Fsp3) is 0.812. The third kappa shape index (κ3) is 3.45. The van der Waals surface area contributed by atoms with E-state index in [9.17, 15) is 0 Å². The number of aromatic nitrogens is 2. The van der Waals surface area contributed by atoms with Crippen molar-refractivity contribution in [3.63, 3.8) is 0 Å². The molecule has 1 fully saturated rings. The predicted molar refractivity (Wildman–Crippen MR) is 87.9 cm³/mol. The van der Waals surface area contributed by atoms with E-state index in [2.05, 4.69) is 58.8 Å². The molecule has 20 heavy (non-hydrogen) atoms. The maximum absolute atomic E-state index is 4.54. The van der Waals surface area contributed by atoms with Crippen LogP contribution in [0.3, 0.4) is 0 Å². The van der Waals surface area contributed by atoms with E-state index in [1.54, 1.807) is 0 Å². The molecule has 1 aromatic rings. The van der Waals surface area contributed by atoms with Crippen LogP contribution in [0.1, 0.15) is 50.9 Å². The van der Waals surface area contributed by atoms with Gasteiger partial charge in [-0.25, -0.2) is 0 Å². The Hall–Kier alpha value is -0.350. The Kier molecular flexibility index (Phi) is 5.67. The first-order valence-corrected chi connectivity index (χ1v) is 8.77. The van der Waals surface area contributed by atoms with Crippen LogP contribution in [0.25, 0.3) is 0 Å². The molecular weight excluding hydrogens is 314 g/mol. The third-order valence-corrected chi connectivity index (χ3v) is 5.88. The molecular formula is C16H28BrN3. The predicted octanol–water partition coefficient (Wildman–Crippen LogP) is 3.84. The van der Waals surface area contributed by atoms with Crippen LogP contribution < -0.4 is 5.32 Å². The molecule has 2 rings (SSSR count). The monoisotopic (exact) mass is 341 g/mol. The molecule has 1 saturated carbocycles. The Labute approximate surface area is 131 Å². The Morgan fingerprint density at radius 2 is 2.10 bits per heavy atom. The molecule has 1 N–H and O–H groups in total. The summed E-state index contributed by atoms with van der Waals surface area (Å²) in [7, 11) is 2.06. The lowest BCUT2D eigenvalue weighted by Crippen LogP contribution is -2.41. The van der Waals surface area contributed by atoms with E-state index >= 15 is 0 Å². The number of hydrogen-bond acceptors (Lipinski definition) is 2. The molecule has 0 bridgehead atoms. The van der Waals surface area contributed by atoms with Crippen molar-refractivity contribution in [2.45, 2.75) is 58.9 Å². The van der Waals surface area contributed by atoms with Gasteiger partial charge in [0.1, 0.15) is 0 Å². The highest BCUT2D eigenvalue weighted by Gasteiger charge is 2.30. The van der Waals surface area contributed by atoms with Gasteiger partial charge in [0.15, 0.2) is 0 Å². The molecule has 114 valence electrons. The zero-order chi connectivity index (χ0) is 14.7. The summed E-state index contributed by atoms with van der Waals surface area (Å²) < 4.78 is 3.26. The van der Waals surface area contributed by atoms with Gasteiger partial charge in [-0.1, -0.05) is 20.3 Å². The minimum atomic E-state index is 0.671. The highest BCUT2D eigenvalue weighted by molar-refractivity contribution is 9.10. The van der Waals surface area contributed by atoms with Crippen molar-refractivity contribution in [3.8, 4) is 0 Å². The van der Waals surface area contributed by atoms with E-state index in [-0.39, 0.29) is 0 Å². The summed E-state index contributed by atoms with van der Waals surface area (Å²) in [4.78, 5) is 0. The topological polar surface area (TPSA) is 29.9 Å². The van der Waals surface area contributed by atoms with E-state index in [4.69, 9.17) is 0 Å². The average molecular weight is 342 g/mol. The van der Waals surface area contributed by atoms with Crippen LogP contribution in [0.4, 0.5) is 0 Å². The van der Waals surface area contributed by atoms with Gasteiger partial charge >= 0.3 is 0 Å². The van der Waals surface area contributed by atoms with Gasteiger partial charge in [-0.05, 0) is 66.9 Å². The molecule has 0 saturated heterocycles. The van der Waals surface area contributed by atoms with Crippen LogP contribution in [-0.2, 0) is 13.5 Å². The summed E-state index contributed by atoms with van der Waals surface area (Å²) in [5, 5.41) is 8.24. The first-order chi connectivity index (χ1) is 9.56. The zero-order valence-electron chi connectivity index (χ0n) is 13.2. The largest absolute Gasteiger partial charge is 0.314 e. The molecule has 3 unspecified atom stereocenters. The fourth-order valence-electron chi connectivity index (χ4n) is 3.64. The summed E-state index contributed by atoms with van der Waals surface area (Å²) in [5.41, 5.74) is 2.46. The summed E-state index contributed by atoms with van der Waals surface area (Å²) in [6, 6.07) is 0.671. The molecule has 1 aliphatic rings. The van der Waals surface area contributed by atoms with E-state index in [0.29, 0.717) is 6.04 Å². The maximum atomic E-state index is 4.54. The minimum absolute atomic E-state index is 0.671.